The lowest BCUT2D eigenvalue weighted by Crippen LogP contribution is -2.14. The van der Waals surface area contributed by atoms with Crippen LogP contribution in [0.2, 0.25) is 0 Å². The van der Waals surface area contributed by atoms with Crippen molar-refractivity contribution in [3.05, 3.63) is 49.4 Å². The van der Waals surface area contributed by atoms with E-state index in [0.29, 0.717) is 14.7 Å². The molecule has 0 atom stereocenters. The van der Waals surface area contributed by atoms with Gasteiger partial charge in [-0.05, 0) is 62.0 Å². The number of nitrogens with zero attached hydrogens (tertiary/aromatic N) is 1. The van der Waals surface area contributed by atoms with Crippen molar-refractivity contribution in [3.63, 3.8) is 0 Å². The number of carbonyl (C=O) groups is 2. The van der Waals surface area contributed by atoms with Gasteiger partial charge in [-0.2, -0.15) is 0 Å². The first-order chi connectivity index (χ1) is 14.1. The van der Waals surface area contributed by atoms with Gasteiger partial charge in [0.25, 0.3) is 5.69 Å². The molecular weight excluding hydrogens is 528 g/mol. The number of aliphatic carboxylic acids is 1. The topological polar surface area (TPSA) is 128 Å². The maximum absolute atomic E-state index is 12.0. The number of hydrogen-bond acceptors (Lipinski definition) is 6. The number of carbonyl (C=O) groups excluding carboxylic acids is 1. The summed E-state index contributed by atoms with van der Waals surface area (Å²) >= 11 is 6.61. The van der Waals surface area contributed by atoms with E-state index in [2.05, 4.69) is 37.2 Å². The molecule has 0 spiro atoms. The number of nitro benzene ring substituents is 1. The molecule has 160 valence electrons. The van der Waals surface area contributed by atoms with Gasteiger partial charge < -0.3 is 19.9 Å². The van der Waals surface area contributed by atoms with Gasteiger partial charge in [0.15, 0.2) is 12.4 Å². The Morgan fingerprint density at radius 1 is 1.17 bits per heavy atom. The van der Waals surface area contributed by atoms with Crippen molar-refractivity contribution in [1.82, 2.24) is 0 Å². The van der Waals surface area contributed by atoms with Gasteiger partial charge in [0.05, 0.1) is 19.9 Å². The fraction of sp³-hybridized carbons (Fsp3) is 0.263. The van der Waals surface area contributed by atoms with Gasteiger partial charge in [0.1, 0.15) is 17.2 Å². The van der Waals surface area contributed by atoms with Gasteiger partial charge in [0, 0.05) is 6.42 Å². The highest BCUT2D eigenvalue weighted by Crippen LogP contribution is 2.41. The number of nitrogens with one attached hydrogen (secondary N) is 1. The first-order valence-corrected chi connectivity index (χ1v) is 10.2. The Balaban J connectivity index is 2.26. The molecule has 9 nitrogen and oxygen atoms in total. The van der Waals surface area contributed by atoms with Gasteiger partial charge in [0.2, 0.25) is 5.91 Å². The highest BCUT2D eigenvalue weighted by atomic mass is 79.9. The van der Waals surface area contributed by atoms with Crippen molar-refractivity contribution in [1.29, 1.82) is 0 Å². The summed E-state index contributed by atoms with van der Waals surface area (Å²) in [4.78, 5) is 33.4. The number of anilines is 1. The second-order valence-corrected chi connectivity index (χ2v) is 8.29. The van der Waals surface area contributed by atoms with Crippen LogP contribution in [0.3, 0.4) is 0 Å². The molecule has 0 unspecified atom stereocenters. The van der Waals surface area contributed by atoms with Crippen LogP contribution in [0.4, 0.5) is 11.4 Å². The van der Waals surface area contributed by atoms with E-state index < -0.39 is 17.5 Å². The quantitative estimate of drug-likeness (QED) is 0.320. The molecule has 0 radical (unpaired) electrons. The zero-order valence-corrected chi connectivity index (χ0v) is 19.2. The normalized spacial score (nSPS) is 10.6. The average molecular weight is 546 g/mol. The van der Waals surface area contributed by atoms with E-state index in [-0.39, 0.29) is 41.1 Å². The first kappa shape index (κ1) is 23.6. The molecule has 0 aromatic heterocycles. The maximum atomic E-state index is 12.0. The zero-order chi connectivity index (χ0) is 22.4. The Bertz CT molecular complexity index is 956. The summed E-state index contributed by atoms with van der Waals surface area (Å²) in [6, 6.07) is 7.12. The summed E-state index contributed by atoms with van der Waals surface area (Å²) < 4.78 is 11.8. The standard InChI is InChI=1S/C19H18Br2N2O7/c1-10(2)5-17(24)22-15-4-3-11(8-16(15)23(27)28)30-19-13(20)6-12(7-14(19)21)29-9-18(25)26/h3-4,6-8,10H,5,9H2,1-2H3,(H,22,24)(H,25,26). The summed E-state index contributed by atoms with van der Waals surface area (Å²) in [6.07, 6.45) is 0.242. The molecule has 1 amide bonds. The number of benzene rings is 2. The summed E-state index contributed by atoms with van der Waals surface area (Å²) in [6.45, 7) is 3.24. The first-order valence-electron chi connectivity index (χ1n) is 8.66. The molecule has 0 saturated carbocycles. The van der Waals surface area contributed by atoms with E-state index in [0.717, 1.165) is 0 Å². The lowest BCUT2D eigenvalue weighted by molar-refractivity contribution is -0.384. The number of amides is 1. The molecule has 2 aromatic carbocycles. The summed E-state index contributed by atoms with van der Waals surface area (Å²) in [5.74, 6) is -0.547. The Hall–Kier alpha value is -2.66. The van der Waals surface area contributed by atoms with E-state index in [4.69, 9.17) is 14.6 Å². The minimum absolute atomic E-state index is 0.0774. The number of hydrogen-bond donors (Lipinski definition) is 2. The highest BCUT2D eigenvalue weighted by molar-refractivity contribution is 9.11. The fourth-order valence-electron chi connectivity index (χ4n) is 2.38. The van der Waals surface area contributed by atoms with Crippen molar-refractivity contribution in [2.45, 2.75) is 20.3 Å². The van der Waals surface area contributed by atoms with Gasteiger partial charge in [-0.1, -0.05) is 13.8 Å². The smallest absolute Gasteiger partial charge is 0.341 e. The largest absolute Gasteiger partial charge is 0.482 e. The van der Waals surface area contributed by atoms with Gasteiger partial charge >= 0.3 is 5.97 Å². The van der Waals surface area contributed by atoms with Crippen LogP contribution in [0.1, 0.15) is 20.3 Å². The van der Waals surface area contributed by atoms with Crippen LogP contribution in [0, 0.1) is 16.0 Å². The minimum Gasteiger partial charge on any atom is -0.482 e. The molecule has 2 N–H and O–H groups in total. The molecular formula is C19H18Br2N2O7. The summed E-state index contributed by atoms with van der Waals surface area (Å²) in [7, 11) is 0. The number of carboxylic acids is 1. The molecule has 30 heavy (non-hydrogen) atoms. The fourth-order valence-corrected chi connectivity index (χ4v) is 3.69. The molecule has 0 fully saturated rings. The third-order valence-electron chi connectivity index (χ3n) is 3.59. The van der Waals surface area contributed by atoms with Crippen LogP contribution < -0.4 is 14.8 Å². The average Bonchev–Trinajstić information content (AvgIpc) is 2.63. The summed E-state index contributed by atoms with van der Waals surface area (Å²) in [5.41, 5.74) is -0.230. The van der Waals surface area contributed by atoms with Gasteiger partial charge in [-0.15, -0.1) is 0 Å². The molecule has 0 heterocycles. The third kappa shape index (κ3) is 6.70. The van der Waals surface area contributed by atoms with E-state index in [1.165, 1.54) is 30.3 Å². The van der Waals surface area contributed by atoms with Crippen LogP contribution >= 0.6 is 31.9 Å². The van der Waals surface area contributed by atoms with E-state index in [1.807, 2.05) is 13.8 Å². The predicted molar refractivity (Wildman–Crippen MR) is 116 cm³/mol. The van der Waals surface area contributed by atoms with Gasteiger partial charge in [-0.3, -0.25) is 14.9 Å². The monoisotopic (exact) mass is 544 g/mol. The van der Waals surface area contributed by atoms with E-state index in [9.17, 15) is 19.7 Å². The number of ether oxygens (including phenoxy) is 2. The molecule has 2 rings (SSSR count). The van der Waals surface area contributed by atoms with Gasteiger partial charge in [-0.25, -0.2) is 4.79 Å². The van der Waals surface area contributed by atoms with E-state index in [1.54, 1.807) is 0 Å². The van der Waals surface area contributed by atoms with Crippen molar-refractivity contribution in [2.24, 2.45) is 5.92 Å². The van der Waals surface area contributed by atoms with Crippen molar-refractivity contribution < 1.29 is 29.1 Å². The molecule has 0 aliphatic heterocycles. The zero-order valence-electron chi connectivity index (χ0n) is 16.0. The van der Waals surface area contributed by atoms with Crippen molar-refractivity contribution in [2.75, 3.05) is 11.9 Å². The van der Waals surface area contributed by atoms with Crippen LogP contribution in [0.25, 0.3) is 0 Å². The van der Waals surface area contributed by atoms with Crippen molar-refractivity contribution >= 4 is 55.1 Å². The second kappa shape index (κ2) is 10.4. The Labute approximate surface area is 188 Å². The highest BCUT2D eigenvalue weighted by Gasteiger charge is 2.19. The summed E-state index contributed by atoms with van der Waals surface area (Å²) in [5, 5.41) is 22.7. The van der Waals surface area contributed by atoms with Crippen LogP contribution in [-0.2, 0) is 9.59 Å². The molecule has 0 bridgehead atoms. The van der Waals surface area contributed by atoms with E-state index >= 15 is 0 Å². The number of nitro groups is 1. The van der Waals surface area contributed by atoms with Crippen molar-refractivity contribution in [3.8, 4) is 17.2 Å². The minimum atomic E-state index is -1.12. The maximum Gasteiger partial charge on any atom is 0.341 e. The van der Waals surface area contributed by atoms with Crippen LogP contribution in [0.15, 0.2) is 39.3 Å². The number of rotatable bonds is 9. The Morgan fingerprint density at radius 3 is 2.33 bits per heavy atom. The number of carboxylic acid groups (broad SMARTS) is 1. The molecule has 0 saturated heterocycles. The molecule has 11 heteroatoms. The predicted octanol–water partition coefficient (Wildman–Crippen LogP) is 5.36. The van der Waals surface area contributed by atoms with Crippen LogP contribution in [-0.4, -0.2) is 28.5 Å². The lowest BCUT2D eigenvalue weighted by Gasteiger charge is -2.13. The molecule has 0 aliphatic carbocycles. The Kier molecular flexibility index (Phi) is 8.18. The molecule has 0 aliphatic rings. The Morgan fingerprint density at radius 2 is 1.80 bits per heavy atom. The number of halogens is 2. The lowest BCUT2D eigenvalue weighted by atomic mass is 10.1. The molecule has 2 aromatic rings. The van der Waals surface area contributed by atoms with Crippen LogP contribution in [0.5, 0.6) is 17.2 Å². The second-order valence-electron chi connectivity index (χ2n) is 6.58. The third-order valence-corrected chi connectivity index (χ3v) is 4.77. The SMILES string of the molecule is CC(C)CC(=O)Nc1ccc(Oc2c(Br)cc(OCC(=O)O)cc2Br)cc1[N+](=O)[O-].